The molecule has 0 radical (unpaired) electrons. The predicted molar refractivity (Wildman–Crippen MR) is 157 cm³/mol. The molecule has 1 aromatic carbocycles. The van der Waals surface area contributed by atoms with Crippen molar-refractivity contribution in [2.75, 3.05) is 11.9 Å². The van der Waals surface area contributed by atoms with Gasteiger partial charge in [-0.15, -0.1) is 0 Å². The first-order valence-corrected chi connectivity index (χ1v) is 14.2. The number of halogens is 3. The Bertz CT molecular complexity index is 1780. The maximum Gasteiger partial charge on any atom is 0.419 e. The Hall–Kier alpha value is -4.94. The summed E-state index contributed by atoms with van der Waals surface area (Å²) in [6, 6.07) is 12.4. The van der Waals surface area contributed by atoms with E-state index in [0.29, 0.717) is 41.0 Å². The lowest BCUT2D eigenvalue weighted by Crippen LogP contribution is -2.50. The topological polar surface area (TPSA) is 122 Å². The number of carbonyl (C=O) groups excluding carboxylic acids is 1. The van der Waals surface area contributed by atoms with Crippen LogP contribution in [0.4, 0.5) is 23.9 Å². The molecule has 1 saturated heterocycles. The van der Waals surface area contributed by atoms with Crippen LogP contribution >= 0.6 is 0 Å². The highest BCUT2D eigenvalue weighted by molar-refractivity contribution is 5.94. The van der Waals surface area contributed by atoms with Gasteiger partial charge < -0.3 is 24.5 Å². The number of rotatable bonds is 6. The third kappa shape index (κ3) is 5.81. The number of H-pyrrole nitrogens is 1. The predicted octanol–water partition coefficient (Wildman–Crippen LogP) is 6.91. The molecule has 2 atom stereocenters. The van der Waals surface area contributed by atoms with E-state index in [2.05, 4.69) is 30.4 Å². The van der Waals surface area contributed by atoms with E-state index >= 15 is 0 Å². The molecule has 0 aliphatic carbocycles. The van der Waals surface area contributed by atoms with E-state index in [-0.39, 0.29) is 42.4 Å². The number of carbonyl (C=O) groups is 1. The van der Waals surface area contributed by atoms with Crippen LogP contribution in [0.3, 0.4) is 0 Å². The number of hydrogen-bond acceptors (Lipinski definition) is 8. The van der Waals surface area contributed by atoms with Crippen molar-refractivity contribution in [3.8, 4) is 22.5 Å². The smallest absolute Gasteiger partial charge is 0.419 e. The lowest BCUT2D eigenvalue weighted by Gasteiger charge is -2.37. The number of aromatic nitrogens is 5. The Morgan fingerprint density at radius 1 is 1.14 bits per heavy atom. The molecule has 5 heterocycles. The molecule has 1 aliphatic rings. The largest absolute Gasteiger partial charge is 0.445 e. The van der Waals surface area contributed by atoms with E-state index in [9.17, 15) is 18.0 Å². The third-order valence-electron chi connectivity index (χ3n) is 7.83. The molecule has 0 spiro atoms. The number of fused-ring (bicyclic) bond motifs is 1. The molecule has 2 N–H and O–H groups in total. The zero-order chi connectivity index (χ0) is 31.0. The molecular formula is C31H30F3N7O3. The Labute approximate surface area is 250 Å². The first kappa shape index (κ1) is 29.1. The summed E-state index contributed by atoms with van der Waals surface area (Å²) in [5.74, 6) is 0.618. The van der Waals surface area contributed by atoms with Crippen LogP contribution in [0.1, 0.15) is 42.3 Å². The zero-order valence-corrected chi connectivity index (χ0v) is 24.3. The van der Waals surface area contributed by atoms with Crippen molar-refractivity contribution >= 4 is 23.1 Å². The van der Waals surface area contributed by atoms with Crippen LogP contribution in [-0.2, 0) is 17.5 Å². The fraction of sp³-hybridized carbons (Fsp3) is 0.323. The van der Waals surface area contributed by atoms with E-state index in [1.165, 1.54) is 6.20 Å². The lowest BCUT2D eigenvalue weighted by atomic mass is 10.00. The summed E-state index contributed by atoms with van der Waals surface area (Å²) >= 11 is 0. The van der Waals surface area contributed by atoms with Crippen molar-refractivity contribution in [2.45, 2.75) is 58.5 Å². The number of aryl methyl sites for hydroxylation is 2. The standard InChI is InChI=1S/C31H30F3N7O3/c1-17-9-10-21(15-41(17)30(42)43-16-20-7-5-4-6-8-20)37-29-36-14-24(31(32,33)34)27(39-29)23-13-35-28-22(23)11-12-25(38-28)26-18(2)40-44-19(26)3/h4-8,11-14,17,21H,9-10,15-16H2,1-3H3,(H,35,38)(H,36,37,39)/t17-,21-/m0/s1. The molecule has 4 aromatic heterocycles. The maximum absolute atomic E-state index is 14.1. The molecule has 5 aromatic rings. The highest BCUT2D eigenvalue weighted by atomic mass is 19.4. The summed E-state index contributed by atoms with van der Waals surface area (Å²) in [6.07, 6.45) is -1.56. The number of amides is 1. The number of aromatic amines is 1. The fourth-order valence-corrected chi connectivity index (χ4v) is 5.52. The second kappa shape index (κ2) is 11.6. The summed E-state index contributed by atoms with van der Waals surface area (Å²) in [6.45, 7) is 5.94. The Kier molecular flexibility index (Phi) is 7.70. The van der Waals surface area contributed by atoms with Gasteiger partial charge in [0.25, 0.3) is 0 Å². The van der Waals surface area contributed by atoms with Gasteiger partial charge in [-0.1, -0.05) is 35.5 Å². The van der Waals surface area contributed by atoms with E-state index < -0.39 is 17.8 Å². The van der Waals surface area contributed by atoms with Crippen molar-refractivity contribution in [1.82, 2.24) is 30.0 Å². The Morgan fingerprint density at radius 3 is 2.66 bits per heavy atom. The van der Waals surface area contributed by atoms with Crippen molar-refractivity contribution in [3.05, 3.63) is 77.4 Å². The normalized spacial score (nSPS) is 17.2. The van der Waals surface area contributed by atoms with Crippen LogP contribution in [0, 0.1) is 13.8 Å². The second-order valence-electron chi connectivity index (χ2n) is 10.9. The molecule has 0 bridgehead atoms. The van der Waals surface area contributed by atoms with Gasteiger partial charge in [-0.3, -0.25) is 0 Å². The number of benzene rings is 1. The molecular weight excluding hydrogens is 575 g/mol. The average molecular weight is 606 g/mol. The summed E-state index contributed by atoms with van der Waals surface area (Å²) in [5.41, 5.74) is 2.22. The number of pyridine rings is 1. The minimum atomic E-state index is -4.69. The van der Waals surface area contributed by atoms with Crippen LogP contribution in [0.2, 0.25) is 0 Å². The van der Waals surface area contributed by atoms with Crippen LogP contribution in [0.25, 0.3) is 33.5 Å². The van der Waals surface area contributed by atoms with E-state index in [1.807, 2.05) is 37.3 Å². The number of anilines is 1. The van der Waals surface area contributed by atoms with Gasteiger partial charge in [0.2, 0.25) is 5.95 Å². The van der Waals surface area contributed by atoms with Gasteiger partial charge in [0.15, 0.2) is 0 Å². The molecule has 0 unspecified atom stereocenters. The highest BCUT2D eigenvalue weighted by Crippen LogP contribution is 2.39. The van der Waals surface area contributed by atoms with Gasteiger partial charge >= 0.3 is 12.3 Å². The average Bonchev–Trinajstić information content (AvgIpc) is 3.58. The van der Waals surface area contributed by atoms with Gasteiger partial charge in [0.05, 0.1) is 22.6 Å². The van der Waals surface area contributed by atoms with E-state index in [0.717, 1.165) is 17.3 Å². The first-order chi connectivity index (χ1) is 21.1. The number of likely N-dealkylation sites (tertiary alicyclic amines) is 1. The van der Waals surface area contributed by atoms with Gasteiger partial charge in [0.1, 0.15) is 23.6 Å². The number of nitrogens with one attached hydrogen (secondary N) is 2. The minimum Gasteiger partial charge on any atom is -0.445 e. The molecule has 10 nitrogen and oxygen atoms in total. The number of nitrogens with zero attached hydrogens (tertiary/aromatic N) is 5. The van der Waals surface area contributed by atoms with Gasteiger partial charge in [-0.2, -0.15) is 13.2 Å². The molecule has 1 aliphatic heterocycles. The molecule has 6 rings (SSSR count). The number of hydrogen-bond donors (Lipinski definition) is 2. The highest BCUT2D eigenvalue weighted by Gasteiger charge is 2.37. The summed E-state index contributed by atoms with van der Waals surface area (Å²) in [5, 5.41) is 7.57. The van der Waals surface area contributed by atoms with Crippen molar-refractivity contribution < 1.29 is 27.2 Å². The quantitative estimate of drug-likeness (QED) is 0.214. The number of piperidine rings is 1. The van der Waals surface area contributed by atoms with Gasteiger partial charge in [0, 0.05) is 42.0 Å². The SMILES string of the molecule is Cc1noc(C)c1-c1ccc2c(-c3nc(N[C@H]4CC[C@H](C)N(C(=O)OCc5ccccc5)C4)ncc3C(F)(F)F)c[nH]c2n1. The summed E-state index contributed by atoms with van der Waals surface area (Å²) in [7, 11) is 0. The van der Waals surface area contributed by atoms with Gasteiger partial charge in [-0.25, -0.2) is 19.7 Å². The maximum atomic E-state index is 14.1. The van der Waals surface area contributed by atoms with E-state index in [4.69, 9.17) is 9.26 Å². The van der Waals surface area contributed by atoms with Crippen molar-refractivity contribution in [1.29, 1.82) is 0 Å². The molecule has 0 saturated carbocycles. The van der Waals surface area contributed by atoms with Gasteiger partial charge in [-0.05, 0) is 51.3 Å². The van der Waals surface area contributed by atoms with Crippen LogP contribution < -0.4 is 5.32 Å². The van der Waals surface area contributed by atoms with Crippen molar-refractivity contribution in [3.63, 3.8) is 0 Å². The summed E-state index contributed by atoms with van der Waals surface area (Å²) < 4.78 is 53.2. The van der Waals surface area contributed by atoms with Crippen LogP contribution in [-0.4, -0.2) is 54.7 Å². The monoisotopic (exact) mass is 605 g/mol. The molecule has 13 heteroatoms. The van der Waals surface area contributed by atoms with E-state index in [1.54, 1.807) is 30.9 Å². The molecule has 1 amide bonds. The first-order valence-electron chi connectivity index (χ1n) is 14.2. The van der Waals surface area contributed by atoms with Crippen molar-refractivity contribution in [2.24, 2.45) is 0 Å². The molecule has 228 valence electrons. The third-order valence-corrected chi connectivity index (χ3v) is 7.83. The molecule has 44 heavy (non-hydrogen) atoms. The fourth-order valence-electron chi connectivity index (χ4n) is 5.52. The second-order valence-corrected chi connectivity index (χ2v) is 10.9. The lowest BCUT2D eigenvalue weighted by molar-refractivity contribution is -0.137. The Balaban J connectivity index is 1.25. The zero-order valence-electron chi connectivity index (χ0n) is 24.3. The Morgan fingerprint density at radius 2 is 1.93 bits per heavy atom. The number of alkyl halides is 3. The van der Waals surface area contributed by atoms with Crippen LogP contribution in [0.15, 0.2) is 59.4 Å². The minimum absolute atomic E-state index is 0.0276. The number of ether oxygens (including phenoxy) is 1. The summed E-state index contributed by atoms with van der Waals surface area (Å²) in [4.78, 5) is 30.5. The van der Waals surface area contributed by atoms with Crippen LogP contribution in [0.5, 0.6) is 0 Å². The molecule has 1 fully saturated rings.